The fourth-order valence-electron chi connectivity index (χ4n) is 2.86. The first-order valence-electron chi connectivity index (χ1n) is 7.76. The maximum Gasteiger partial charge on any atom is 0.313 e. The fraction of sp³-hybridized carbons (Fsp3) is 0.529. The predicted octanol–water partition coefficient (Wildman–Crippen LogP) is 3.08. The number of aryl methyl sites for hydroxylation is 2. The fourth-order valence-corrected chi connectivity index (χ4v) is 2.86. The molecule has 1 aromatic carbocycles. The lowest BCUT2D eigenvalue weighted by molar-refractivity contribution is -0.136. The van der Waals surface area contributed by atoms with Crippen LogP contribution in [-0.4, -0.2) is 17.9 Å². The van der Waals surface area contributed by atoms with E-state index in [2.05, 4.69) is 10.6 Å². The first kappa shape index (κ1) is 15.5. The standard InChI is InChI=1S/C17H24N2O2/c1-12-8-7-9-13(2)15(12)19-17(21)16(20)18-14-10-5-3-4-6-11-14/h7-9,14H,3-6,10-11H2,1-2H3,(H,18,20)(H,19,21). The van der Waals surface area contributed by atoms with Crippen LogP contribution in [0, 0.1) is 13.8 Å². The number of benzene rings is 1. The van der Waals surface area contributed by atoms with E-state index in [-0.39, 0.29) is 6.04 Å². The molecule has 0 atom stereocenters. The number of hydrogen-bond donors (Lipinski definition) is 2. The molecule has 1 aliphatic rings. The van der Waals surface area contributed by atoms with Gasteiger partial charge in [0.15, 0.2) is 0 Å². The van der Waals surface area contributed by atoms with E-state index in [1.54, 1.807) is 0 Å². The van der Waals surface area contributed by atoms with Crippen molar-refractivity contribution in [2.75, 3.05) is 5.32 Å². The monoisotopic (exact) mass is 288 g/mol. The molecule has 21 heavy (non-hydrogen) atoms. The minimum Gasteiger partial charge on any atom is -0.345 e. The minimum absolute atomic E-state index is 0.142. The normalized spacial score (nSPS) is 16.1. The maximum atomic E-state index is 12.1. The number of carbonyl (C=O) groups excluding carboxylic acids is 2. The molecule has 0 unspecified atom stereocenters. The van der Waals surface area contributed by atoms with E-state index < -0.39 is 11.8 Å². The number of nitrogens with one attached hydrogen (secondary N) is 2. The molecule has 0 bridgehead atoms. The van der Waals surface area contributed by atoms with Crippen molar-refractivity contribution < 1.29 is 9.59 Å². The molecule has 2 rings (SSSR count). The Morgan fingerprint density at radius 1 is 0.952 bits per heavy atom. The SMILES string of the molecule is Cc1cccc(C)c1NC(=O)C(=O)NC1CCCCCC1. The first-order chi connectivity index (χ1) is 10.1. The predicted molar refractivity (Wildman–Crippen MR) is 84.2 cm³/mol. The van der Waals surface area contributed by atoms with Crippen LogP contribution in [0.2, 0.25) is 0 Å². The molecule has 4 nitrogen and oxygen atoms in total. The van der Waals surface area contributed by atoms with Crippen LogP contribution in [0.5, 0.6) is 0 Å². The summed E-state index contributed by atoms with van der Waals surface area (Å²) < 4.78 is 0. The van der Waals surface area contributed by atoms with Crippen LogP contribution in [0.3, 0.4) is 0 Å². The molecule has 0 aliphatic heterocycles. The Balaban J connectivity index is 1.94. The van der Waals surface area contributed by atoms with Crippen LogP contribution in [0.1, 0.15) is 49.7 Å². The van der Waals surface area contributed by atoms with Crippen molar-refractivity contribution in [3.05, 3.63) is 29.3 Å². The molecule has 0 radical (unpaired) electrons. The summed E-state index contributed by atoms with van der Waals surface area (Å²) in [6.45, 7) is 3.84. The van der Waals surface area contributed by atoms with Gasteiger partial charge < -0.3 is 10.6 Å². The topological polar surface area (TPSA) is 58.2 Å². The van der Waals surface area contributed by atoms with E-state index >= 15 is 0 Å². The Morgan fingerprint density at radius 2 is 1.52 bits per heavy atom. The zero-order valence-corrected chi connectivity index (χ0v) is 12.9. The average molecular weight is 288 g/mol. The highest BCUT2D eigenvalue weighted by Gasteiger charge is 2.20. The van der Waals surface area contributed by atoms with Crippen LogP contribution in [0.4, 0.5) is 5.69 Å². The van der Waals surface area contributed by atoms with Gasteiger partial charge in [0.2, 0.25) is 0 Å². The number of amides is 2. The van der Waals surface area contributed by atoms with Crippen molar-refractivity contribution in [2.45, 2.75) is 58.4 Å². The first-order valence-corrected chi connectivity index (χ1v) is 7.76. The molecule has 1 aromatic rings. The van der Waals surface area contributed by atoms with E-state index in [0.717, 1.165) is 42.5 Å². The average Bonchev–Trinajstić information content (AvgIpc) is 2.71. The smallest absolute Gasteiger partial charge is 0.313 e. The number of para-hydroxylation sites is 1. The van der Waals surface area contributed by atoms with E-state index in [4.69, 9.17) is 0 Å². The Hall–Kier alpha value is -1.84. The second kappa shape index (κ2) is 7.25. The third-order valence-corrected chi connectivity index (χ3v) is 4.12. The van der Waals surface area contributed by atoms with E-state index in [1.165, 1.54) is 12.8 Å². The zero-order valence-electron chi connectivity index (χ0n) is 12.9. The van der Waals surface area contributed by atoms with Crippen LogP contribution in [-0.2, 0) is 9.59 Å². The molecular formula is C17H24N2O2. The summed E-state index contributed by atoms with van der Waals surface area (Å²) in [7, 11) is 0. The van der Waals surface area contributed by atoms with Crippen molar-refractivity contribution in [2.24, 2.45) is 0 Å². The molecule has 2 N–H and O–H groups in total. The van der Waals surface area contributed by atoms with Gasteiger partial charge >= 0.3 is 11.8 Å². The molecule has 4 heteroatoms. The van der Waals surface area contributed by atoms with Gasteiger partial charge in [-0.15, -0.1) is 0 Å². The summed E-state index contributed by atoms with van der Waals surface area (Å²) in [5.74, 6) is -1.10. The highest BCUT2D eigenvalue weighted by Crippen LogP contribution is 2.20. The van der Waals surface area contributed by atoms with Crippen LogP contribution in [0.25, 0.3) is 0 Å². The summed E-state index contributed by atoms with van der Waals surface area (Å²) in [6.07, 6.45) is 6.65. The lowest BCUT2D eigenvalue weighted by atomic mass is 10.1. The van der Waals surface area contributed by atoms with Crippen molar-refractivity contribution in [1.29, 1.82) is 0 Å². The molecule has 0 spiro atoms. The Bertz CT molecular complexity index is 497. The molecule has 114 valence electrons. The van der Waals surface area contributed by atoms with Gasteiger partial charge in [-0.25, -0.2) is 0 Å². The second-order valence-electron chi connectivity index (χ2n) is 5.88. The van der Waals surface area contributed by atoms with Gasteiger partial charge in [-0.1, -0.05) is 43.9 Å². The summed E-state index contributed by atoms with van der Waals surface area (Å²) in [5.41, 5.74) is 2.66. The van der Waals surface area contributed by atoms with Gasteiger partial charge in [0.25, 0.3) is 0 Å². The lowest BCUT2D eigenvalue weighted by Gasteiger charge is -2.16. The third-order valence-electron chi connectivity index (χ3n) is 4.12. The van der Waals surface area contributed by atoms with Gasteiger partial charge in [-0.3, -0.25) is 9.59 Å². The van der Waals surface area contributed by atoms with Crippen molar-refractivity contribution in [3.63, 3.8) is 0 Å². The summed E-state index contributed by atoms with van der Waals surface area (Å²) in [6, 6.07) is 5.92. The van der Waals surface area contributed by atoms with E-state index in [1.807, 2.05) is 32.0 Å². The van der Waals surface area contributed by atoms with Crippen molar-refractivity contribution >= 4 is 17.5 Å². The Labute approximate surface area is 126 Å². The molecule has 1 aliphatic carbocycles. The Kier molecular flexibility index (Phi) is 5.37. The van der Waals surface area contributed by atoms with Gasteiger partial charge in [-0.05, 0) is 37.8 Å². The van der Waals surface area contributed by atoms with Crippen LogP contribution >= 0.6 is 0 Å². The van der Waals surface area contributed by atoms with E-state index in [9.17, 15) is 9.59 Å². The summed E-state index contributed by atoms with van der Waals surface area (Å²) in [4.78, 5) is 24.1. The zero-order chi connectivity index (χ0) is 15.2. The largest absolute Gasteiger partial charge is 0.345 e. The molecule has 0 aromatic heterocycles. The molecule has 0 saturated heterocycles. The highest BCUT2D eigenvalue weighted by atomic mass is 16.2. The summed E-state index contributed by atoms with van der Waals surface area (Å²) >= 11 is 0. The third kappa shape index (κ3) is 4.31. The number of hydrogen-bond acceptors (Lipinski definition) is 2. The molecule has 2 amide bonds. The molecule has 0 heterocycles. The maximum absolute atomic E-state index is 12.1. The minimum atomic E-state index is -0.573. The van der Waals surface area contributed by atoms with E-state index in [0.29, 0.717) is 0 Å². The van der Waals surface area contributed by atoms with Gasteiger partial charge in [0, 0.05) is 11.7 Å². The molecule has 1 saturated carbocycles. The highest BCUT2D eigenvalue weighted by molar-refractivity contribution is 6.39. The van der Waals surface area contributed by atoms with Gasteiger partial charge in [-0.2, -0.15) is 0 Å². The van der Waals surface area contributed by atoms with Crippen molar-refractivity contribution in [1.82, 2.24) is 5.32 Å². The number of anilines is 1. The number of carbonyl (C=O) groups is 2. The quantitative estimate of drug-likeness (QED) is 0.649. The molecular weight excluding hydrogens is 264 g/mol. The van der Waals surface area contributed by atoms with Crippen LogP contribution in [0.15, 0.2) is 18.2 Å². The van der Waals surface area contributed by atoms with Gasteiger partial charge in [0.1, 0.15) is 0 Å². The lowest BCUT2D eigenvalue weighted by Crippen LogP contribution is -2.41. The van der Waals surface area contributed by atoms with Crippen molar-refractivity contribution in [3.8, 4) is 0 Å². The second-order valence-corrected chi connectivity index (χ2v) is 5.88. The van der Waals surface area contributed by atoms with Crippen LogP contribution < -0.4 is 10.6 Å². The Morgan fingerprint density at radius 3 is 2.10 bits per heavy atom. The molecule has 1 fully saturated rings. The number of rotatable bonds is 2. The summed E-state index contributed by atoms with van der Waals surface area (Å²) in [5, 5.41) is 5.60. The van der Waals surface area contributed by atoms with Gasteiger partial charge in [0.05, 0.1) is 0 Å².